The van der Waals surface area contributed by atoms with E-state index in [1.807, 2.05) is 25.5 Å². The highest BCUT2D eigenvalue weighted by Gasteiger charge is 2.30. The summed E-state index contributed by atoms with van der Waals surface area (Å²) in [5.41, 5.74) is 1.41. The molecule has 134 valence electrons. The van der Waals surface area contributed by atoms with Crippen LogP contribution in [0.4, 0.5) is 0 Å². The second-order valence-electron chi connectivity index (χ2n) is 6.40. The number of aromatic nitrogens is 2. The summed E-state index contributed by atoms with van der Waals surface area (Å²) >= 11 is 0. The van der Waals surface area contributed by atoms with Crippen molar-refractivity contribution in [1.82, 2.24) is 19.4 Å². The first-order valence-corrected chi connectivity index (χ1v) is 9.19. The molecule has 0 unspecified atom stereocenters. The lowest BCUT2D eigenvalue weighted by Crippen LogP contribution is -2.32. The van der Waals surface area contributed by atoms with Gasteiger partial charge in [0.25, 0.3) is 11.8 Å². The van der Waals surface area contributed by atoms with Crippen molar-refractivity contribution >= 4 is 11.8 Å². The van der Waals surface area contributed by atoms with Crippen LogP contribution < -0.4 is 0 Å². The van der Waals surface area contributed by atoms with Crippen LogP contribution in [0.3, 0.4) is 0 Å². The van der Waals surface area contributed by atoms with Crippen molar-refractivity contribution in [2.24, 2.45) is 0 Å². The molecule has 6 heteroatoms. The Labute approximate surface area is 144 Å². The molecule has 2 heterocycles. The molecule has 1 aromatic heterocycles. The Bertz CT molecular complexity index is 590. The summed E-state index contributed by atoms with van der Waals surface area (Å²) in [6, 6.07) is 0. The fourth-order valence-electron chi connectivity index (χ4n) is 3.21. The number of carbonyl (C=O) groups is 2. The maximum Gasteiger partial charge on any atom is 0.289 e. The van der Waals surface area contributed by atoms with Crippen molar-refractivity contribution < 1.29 is 9.59 Å². The van der Waals surface area contributed by atoms with E-state index in [4.69, 9.17) is 0 Å². The number of imidazole rings is 1. The van der Waals surface area contributed by atoms with Gasteiger partial charge in [-0.1, -0.05) is 13.3 Å². The predicted molar refractivity (Wildman–Crippen MR) is 94.3 cm³/mol. The Morgan fingerprint density at radius 1 is 1.12 bits per heavy atom. The number of unbranched alkanes of at least 4 members (excludes halogenated alkanes) is 1. The lowest BCUT2D eigenvalue weighted by Gasteiger charge is -2.21. The highest BCUT2D eigenvalue weighted by molar-refractivity contribution is 5.97. The average Bonchev–Trinajstić information content (AvgIpc) is 2.99. The van der Waals surface area contributed by atoms with Crippen molar-refractivity contribution in [3.8, 4) is 0 Å². The Hall–Kier alpha value is -1.85. The zero-order chi connectivity index (χ0) is 17.7. The van der Waals surface area contributed by atoms with Crippen LogP contribution >= 0.6 is 0 Å². The Morgan fingerprint density at radius 2 is 1.83 bits per heavy atom. The number of rotatable bonds is 7. The molecule has 0 fully saturated rings. The third-order valence-corrected chi connectivity index (χ3v) is 4.76. The molecule has 1 aliphatic rings. The third kappa shape index (κ3) is 3.62. The molecule has 1 aromatic rings. The monoisotopic (exact) mass is 334 g/mol. The first-order valence-electron chi connectivity index (χ1n) is 9.19. The number of nitrogens with zero attached hydrogens (tertiary/aromatic N) is 4. The van der Waals surface area contributed by atoms with Gasteiger partial charge in [-0.2, -0.15) is 0 Å². The minimum absolute atomic E-state index is 0.0547. The van der Waals surface area contributed by atoms with Gasteiger partial charge in [0, 0.05) is 33.2 Å². The first-order chi connectivity index (χ1) is 11.5. The highest BCUT2D eigenvalue weighted by Crippen LogP contribution is 2.23. The van der Waals surface area contributed by atoms with E-state index < -0.39 is 0 Å². The fourth-order valence-corrected chi connectivity index (χ4v) is 3.21. The molecule has 2 amide bonds. The second kappa shape index (κ2) is 8.31. The van der Waals surface area contributed by atoms with Crippen LogP contribution in [0.5, 0.6) is 0 Å². The average molecular weight is 334 g/mol. The molecule has 24 heavy (non-hydrogen) atoms. The van der Waals surface area contributed by atoms with Gasteiger partial charge in [0.2, 0.25) is 0 Å². The molecule has 6 nitrogen and oxygen atoms in total. The van der Waals surface area contributed by atoms with E-state index in [2.05, 4.69) is 11.9 Å². The van der Waals surface area contributed by atoms with Gasteiger partial charge in [-0.25, -0.2) is 4.98 Å². The van der Waals surface area contributed by atoms with Gasteiger partial charge < -0.3 is 14.4 Å². The number of hydrogen-bond acceptors (Lipinski definition) is 3. The third-order valence-electron chi connectivity index (χ3n) is 4.76. The molecule has 0 aromatic carbocycles. The molecule has 0 radical (unpaired) electrons. The number of hydrogen-bond donors (Lipinski definition) is 0. The van der Waals surface area contributed by atoms with Gasteiger partial charge in [0.05, 0.1) is 5.69 Å². The van der Waals surface area contributed by atoms with E-state index >= 15 is 0 Å². The molecule has 0 atom stereocenters. The van der Waals surface area contributed by atoms with E-state index in [1.54, 1.807) is 9.80 Å². The number of amides is 2. The minimum Gasteiger partial charge on any atom is -0.339 e. The molecule has 2 rings (SSSR count). The van der Waals surface area contributed by atoms with E-state index in [1.165, 1.54) is 0 Å². The van der Waals surface area contributed by atoms with Crippen molar-refractivity contribution in [2.75, 3.05) is 26.7 Å². The van der Waals surface area contributed by atoms with Gasteiger partial charge in [-0.15, -0.1) is 0 Å². The topological polar surface area (TPSA) is 58.4 Å². The predicted octanol–water partition coefficient (Wildman–Crippen LogP) is 2.57. The van der Waals surface area contributed by atoms with Crippen LogP contribution in [0.1, 0.15) is 73.3 Å². The molecule has 1 aliphatic heterocycles. The summed E-state index contributed by atoms with van der Waals surface area (Å²) in [7, 11) is 1.81. The van der Waals surface area contributed by atoms with Gasteiger partial charge in [0.15, 0.2) is 5.82 Å². The normalized spacial score (nSPS) is 13.5. The van der Waals surface area contributed by atoms with Crippen LogP contribution in [0.25, 0.3) is 0 Å². The molecule has 0 spiro atoms. The summed E-state index contributed by atoms with van der Waals surface area (Å²) < 4.78 is 1.98. The quantitative estimate of drug-likeness (QED) is 0.770. The number of fused-ring (bicyclic) bond motifs is 1. The Morgan fingerprint density at radius 3 is 2.46 bits per heavy atom. The van der Waals surface area contributed by atoms with E-state index in [0.717, 1.165) is 50.9 Å². The Balaban J connectivity index is 2.36. The molecule has 0 aliphatic carbocycles. The molecule has 0 N–H and O–H groups in total. The number of carbonyl (C=O) groups excluding carboxylic acids is 2. The van der Waals surface area contributed by atoms with E-state index in [9.17, 15) is 9.59 Å². The second-order valence-corrected chi connectivity index (χ2v) is 6.40. The smallest absolute Gasteiger partial charge is 0.289 e. The van der Waals surface area contributed by atoms with Crippen LogP contribution in [0.15, 0.2) is 0 Å². The summed E-state index contributed by atoms with van der Waals surface area (Å²) in [6.07, 6.45) is 4.91. The molecular formula is C18H30N4O2. The maximum atomic E-state index is 12.8. The van der Waals surface area contributed by atoms with Crippen LogP contribution in [-0.4, -0.2) is 57.8 Å². The van der Waals surface area contributed by atoms with Gasteiger partial charge in [0.1, 0.15) is 5.69 Å². The van der Waals surface area contributed by atoms with E-state index in [-0.39, 0.29) is 11.8 Å². The summed E-state index contributed by atoms with van der Waals surface area (Å²) in [4.78, 5) is 33.6. The van der Waals surface area contributed by atoms with Crippen molar-refractivity contribution in [2.45, 2.75) is 59.4 Å². The molecule has 0 saturated heterocycles. The standard InChI is InChI=1S/C18H30N4O2/c1-5-8-12-20(4)18(24)16-19-15(17(23)21(6-2)7-3)14-11-9-10-13-22(14)16/h5-13H2,1-4H3. The largest absolute Gasteiger partial charge is 0.339 e. The van der Waals surface area contributed by atoms with Gasteiger partial charge in [-0.3, -0.25) is 9.59 Å². The van der Waals surface area contributed by atoms with Gasteiger partial charge in [-0.05, 0) is 39.5 Å². The SMILES string of the molecule is CCCCN(C)C(=O)c1nc(C(=O)N(CC)CC)c2n1CCCC2. The summed E-state index contributed by atoms with van der Waals surface area (Å²) in [5.74, 6) is 0.296. The summed E-state index contributed by atoms with van der Waals surface area (Å²) in [5, 5.41) is 0. The Kier molecular flexibility index (Phi) is 6.40. The maximum absolute atomic E-state index is 12.8. The highest BCUT2D eigenvalue weighted by atomic mass is 16.2. The lowest BCUT2D eigenvalue weighted by molar-refractivity contribution is 0.0766. The molecule has 0 bridgehead atoms. The molecular weight excluding hydrogens is 304 g/mol. The van der Waals surface area contributed by atoms with Crippen molar-refractivity contribution in [3.63, 3.8) is 0 Å². The summed E-state index contributed by atoms with van der Waals surface area (Å²) in [6.45, 7) is 8.84. The van der Waals surface area contributed by atoms with Crippen molar-refractivity contribution in [1.29, 1.82) is 0 Å². The zero-order valence-corrected chi connectivity index (χ0v) is 15.5. The molecule has 0 saturated carbocycles. The zero-order valence-electron chi connectivity index (χ0n) is 15.5. The van der Waals surface area contributed by atoms with Crippen LogP contribution in [0, 0.1) is 0 Å². The lowest BCUT2D eigenvalue weighted by atomic mass is 10.1. The van der Waals surface area contributed by atoms with Gasteiger partial charge >= 0.3 is 0 Å². The van der Waals surface area contributed by atoms with Crippen LogP contribution in [-0.2, 0) is 13.0 Å². The fraction of sp³-hybridized carbons (Fsp3) is 0.722. The minimum atomic E-state index is -0.0785. The van der Waals surface area contributed by atoms with Crippen molar-refractivity contribution in [3.05, 3.63) is 17.2 Å². The van der Waals surface area contributed by atoms with E-state index in [0.29, 0.717) is 24.6 Å². The first kappa shape index (κ1) is 18.5. The van der Waals surface area contributed by atoms with Crippen LogP contribution in [0.2, 0.25) is 0 Å².